The van der Waals surface area contributed by atoms with Gasteiger partial charge in [-0.2, -0.15) is 0 Å². The Labute approximate surface area is 103 Å². The van der Waals surface area contributed by atoms with Crippen molar-refractivity contribution in [1.82, 2.24) is 9.97 Å². The van der Waals surface area contributed by atoms with Crippen LogP contribution in [0, 0.1) is 0 Å². The first-order chi connectivity index (χ1) is 8.02. The number of aromatic nitrogens is 2. The minimum atomic E-state index is -0.438. The molecular weight excluding hydrogens is 242 g/mol. The van der Waals surface area contributed by atoms with E-state index in [-0.39, 0.29) is 17.3 Å². The number of H-pyrrole nitrogens is 1. The highest BCUT2D eigenvalue weighted by molar-refractivity contribution is 8.00. The van der Waals surface area contributed by atoms with Crippen molar-refractivity contribution >= 4 is 23.5 Å². The molecule has 0 amide bonds. The number of anilines is 1. The molecule has 7 heteroatoms. The number of hydrogen-bond donors (Lipinski definition) is 2. The van der Waals surface area contributed by atoms with Crippen LogP contribution >= 0.6 is 11.8 Å². The summed E-state index contributed by atoms with van der Waals surface area (Å²) in [4.78, 5) is 29.0. The van der Waals surface area contributed by atoms with Crippen molar-refractivity contribution < 1.29 is 9.53 Å². The summed E-state index contributed by atoms with van der Waals surface area (Å²) in [6.07, 6.45) is 0.774. The Hall–Kier alpha value is -1.50. The smallest absolute Gasteiger partial charge is 0.319 e. The van der Waals surface area contributed by atoms with Gasteiger partial charge in [-0.25, -0.2) is 4.98 Å². The Morgan fingerprint density at radius 2 is 2.41 bits per heavy atom. The van der Waals surface area contributed by atoms with E-state index in [4.69, 9.17) is 10.5 Å². The molecule has 6 nitrogen and oxygen atoms in total. The molecule has 0 aliphatic carbocycles. The fourth-order valence-electron chi connectivity index (χ4n) is 1.04. The molecular formula is C10H15N3O3S. The van der Waals surface area contributed by atoms with E-state index in [0.717, 1.165) is 18.2 Å². The zero-order chi connectivity index (χ0) is 12.8. The number of hydrogen-bond acceptors (Lipinski definition) is 6. The van der Waals surface area contributed by atoms with Gasteiger partial charge in [0.1, 0.15) is 11.1 Å². The van der Waals surface area contributed by atoms with Crippen LogP contribution in [0.2, 0.25) is 0 Å². The third kappa shape index (κ3) is 4.48. The molecule has 0 fully saturated rings. The second-order valence-electron chi connectivity index (χ2n) is 3.40. The summed E-state index contributed by atoms with van der Waals surface area (Å²) in [7, 11) is 0. The van der Waals surface area contributed by atoms with Crippen molar-refractivity contribution in [2.75, 3.05) is 12.3 Å². The lowest BCUT2D eigenvalue weighted by atomic mass is 10.5. The first-order valence-corrected chi connectivity index (χ1v) is 6.11. The zero-order valence-corrected chi connectivity index (χ0v) is 10.5. The summed E-state index contributed by atoms with van der Waals surface area (Å²) in [5.74, 6) is -0.202. The second kappa shape index (κ2) is 6.29. The lowest BCUT2D eigenvalue weighted by molar-refractivity contribution is -0.142. The fourth-order valence-corrected chi connectivity index (χ4v) is 1.86. The number of aromatic amines is 1. The highest BCUT2D eigenvalue weighted by atomic mass is 32.2. The largest absolute Gasteiger partial charge is 0.465 e. The number of carbonyl (C=O) groups is 1. The molecule has 0 radical (unpaired) electrons. The second-order valence-corrected chi connectivity index (χ2v) is 4.73. The van der Waals surface area contributed by atoms with Gasteiger partial charge in [-0.1, -0.05) is 18.7 Å². The highest BCUT2D eigenvalue weighted by Crippen LogP contribution is 2.19. The number of nitrogen functional groups attached to an aromatic ring is 1. The molecule has 0 aromatic carbocycles. The maximum atomic E-state index is 11.5. The van der Waals surface area contributed by atoms with E-state index in [2.05, 4.69) is 9.97 Å². The predicted molar refractivity (Wildman–Crippen MR) is 65.8 cm³/mol. The van der Waals surface area contributed by atoms with Gasteiger partial charge in [0.25, 0.3) is 5.56 Å². The van der Waals surface area contributed by atoms with Gasteiger partial charge in [-0.05, 0) is 13.3 Å². The van der Waals surface area contributed by atoms with Crippen LogP contribution in [0.5, 0.6) is 0 Å². The average molecular weight is 257 g/mol. The van der Waals surface area contributed by atoms with Crippen molar-refractivity contribution in [1.29, 1.82) is 0 Å². The van der Waals surface area contributed by atoms with Crippen molar-refractivity contribution in [3.8, 4) is 0 Å². The maximum Gasteiger partial charge on any atom is 0.319 e. The van der Waals surface area contributed by atoms with Crippen LogP contribution in [0.25, 0.3) is 0 Å². The summed E-state index contributed by atoms with van der Waals surface area (Å²) in [5.41, 5.74) is 5.09. The standard InChI is InChI=1S/C10H15N3O3S/c1-3-4-16-9(15)6(2)17-10-12-7(11)5-8(14)13-10/h5-6H,3-4H2,1-2H3,(H3,11,12,13,14). The van der Waals surface area contributed by atoms with E-state index < -0.39 is 5.25 Å². The molecule has 0 aliphatic rings. The molecule has 0 spiro atoms. The van der Waals surface area contributed by atoms with Gasteiger partial charge >= 0.3 is 5.97 Å². The molecule has 0 aliphatic heterocycles. The molecule has 17 heavy (non-hydrogen) atoms. The van der Waals surface area contributed by atoms with Crippen LogP contribution in [0.4, 0.5) is 5.82 Å². The molecule has 94 valence electrons. The van der Waals surface area contributed by atoms with Crippen LogP contribution in [0.15, 0.2) is 16.0 Å². The van der Waals surface area contributed by atoms with Crippen LogP contribution in [0.3, 0.4) is 0 Å². The normalized spacial score (nSPS) is 12.1. The van der Waals surface area contributed by atoms with E-state index in [1.54, 1.807) is 6.92 Å². The molecule has 3 N–H and O–H groups in total. The predicted octanol–water partition coefficient (Wildman–Crippen LogP) is 0.786. The van der Waals surface area contributed by atoms with Gasteiger partial charge < -0.3 is 15.5 Å². The van der Waals surface area contributed by atoms with Crippen LogP contribution in [0.1, 0.15) is 20.3 Å². The first kappa shape index (κ1) is 13.6. The fraction of sp³-hybridized carbons (Fsp3) is 0.500. The molecule has 1 atom stereocenters. The molecule has 1 aromatic rings. The Balaban J connectivity index is 2.64. The number of rotatable bonds is 5. The van der Waals surface area contributed by atoms with Crippen molar-refractivity contribution in [3.05, 3.63) is 16.4 Å². The molecule has 1 rings (SSSR count). The zero-order valence-electron chi connectivity index (χ0n) is 9.73. The lowest BCUT2D eigenvalue weighted by Crippen LogP contribution is -2.19. The average Bonchev–Trinajstić information content (AvgIpc) is 2.24. The SMILES string of the molecule is CCCOC(=O)C(C)Sc1nc(N)cc(=O)[nH]1. The van der Waals surface area contributed by atoms with Crippen LogP contribution in [-0.4, -0.2) is 27.8 Å². The van der Waals surface area contributed by atoms with Gasteiger partial charge in [-0.15, -0.1) is 0 Å². The van der Waals surface area contributed by atoms with Crippen molar-refractivity contribution in [3.63, 3.8) is 0 Å². The minimum Gasteiger partial charge on any atom is -0.465 e. The molecule has 1 heterocycles. The van der Waals surface area contributed by atoms with Crippen LogP contribution in [-0.2, 0) is 9.53 Å². The van der Waals surface area contributed by atoms with E-state index in [1.165, 1.54) is 6.07 Å². The topological polar surface area (TPSA) is 98.1 Å². The van der Waals surface area contributed by atoms with E-state index in [1.807, 2.05) is 6.92 Å². The molecule has 0 saturated carbocycles. The van der Waals surface area contributed by atoms with Gasteiger partial charge in [0.05, 0.1) is 6.61 Å². The summed E-state index contributed by atoms with van der Waals surface area (Å²) in [6.45, 7) is 4.00. The van der Waals surface area contributed by atoms with Gasteiger partial charge in [-0.3, -0.25) is 9.59 Å². The molecule has 0 saturated heterocycles. The quantitative estimate of drug-likeness (QED) is 0.459. The summed E-state index contributed by atoms with van der Waals surface area (Å²) < 4.78 is 4.97. The maximum absolute atomic E-state index is 11.5. The minimum absolute atomic E-state index is 0.130. The number of ether oxygens (including phenoxy) is 1. The van der Waals surface area contributed by atoms with Gasteiger partial charge in [0.15, 0.2) is 5.16 Å². The van der Waals surface area contributed by atoms with Gasteiger partial charge in [0.2, 0.25) is 0 Å². The first-order valence-electron chi connectivity index (χ1n) is 5.23. The number of carbonyl (C=O) groups excluding carboxylic acids is 1. The number of thioether (sulfide) groups is 1. The Kier molecular flexibility index (Phi) is 5.02. The number of nitrogens with zero attached hydrogens (tertiary/aromatic N) is 1. The Morgan fingerprint density at radius 1 is 1.71 bits per heavy atom. The van der Waals surface area contributed by atoms with E-state index in [9.17, 15) is 9.59 Å². The molecule has 1 aromatic heterocycles. The number of nitrogens with two attached hydrogens (primary N) is 1. The Morgan fingerprint density at radius 3 is 3.00 bits per heavy atom. The van der Waals surface area contributed by atoms with Crippen LogP contribution < -0.4 is 11.3 Å². The molecule has 0 bridgehead atoms. The summed E-state index contributed by atoms with van der Waals surface area (Å²) >= 11 is 1.11. The third-order valence-electron chi connectivity index (χ3n) is 1.81. The number of esters is 1. The summed E-state index contributed by atoms with van der Waals surface area (Å²) in [5, 5.41) is -0.123. The Bertz CT molecular complexity index is 447. The van der Waals surface area contributed by atoms with E-state index in [0.29, 0.717) is 11.8 Å². The number of nitrogens with one attached hydrogen (secondary N) is 1. The lowest BCUT2D eigenvalue weighted by Gasteiger charge is -2.09. The van der Waals surface area contributed by atoms with E-state index >= 15 is 0 Å². The highest BCUT2D eigenvalue weighted by Gasteiger charge is 2.17. The third-order valence-corrected chi connectivity index (χ3v) is 2.77. The van der Waals surface area contributed by atoms with Gasteiger partial charge in [0, 0.05) is 6.07 Å². The summed E-state index contributed by atoms with van der Waals surface area (Å²) in [6, 6.07) is 1.18. The monoisotopic (exact) mass is 257 g/mol. The van der Waals surface area contributed by atoms with Crippen molar-refractivity contribution in [2.24, 2.45) is 0 Å². The molecule has 1 unspecified atom stereocenters. The van der Waals surface area contributed by atoms with Crippen molar-refractivity contribution in [2.45, 2.75) is 30.7 Å².